The van der Waals surface area contributed by atoms with Gasteiger partial charge in [0.2, 0.25) is 0 Å². The van der Waals surface area contributed by atoms with Gasteiger partial charge in [-0.1, -0.05) is 0 Å². The molecule has 0 aromatic carbocycles. The molecule has 2 saturated heterocycles. The van der Waals surface area contributed by atoms with Gasteiger partial charge in [-0.3, -0.25) is 19.5 Å². The second-order valence-electron chi connectivity index (χ2n) is 7.40. The number of Topliss-reactive ketones (excluding diaryl/α,β-unsaturated/α-hetero) is 1. The number of nitrogens with zero attached hydrogens (tertiary/aromatic N) is 3. The lowest BCUT2D eigenvalue weighted by molar-refractivity contribution is -0.123. The third kappa shape index (κ3) is 3.22. The van der Waals surface area contributed by atoms with E-state index in [4.69, 9.17) is 0 Å². The van der Waals surface area contributed by atoms with Gasteiger partial charge in [-0.05, 0) is 45.2 Å². The van der Waals surface area contributed by atoms with Crippen LogP contribution in [0, 0.1) is 13.8 Å². The van der Waals surface area contributed by atoms with E-state index in [0.717, 1.165) is 55.8 Å². The molecule has 1 amide bonds. The standard InChI is InChI=1S/C19H27N3O2/c1-14-4-9-20-15(2)17(14)18(24)21-12-7-19(3,8-13-21)22-10-5-16(23)6-11-22/h4,9H,5-8,10-13H2,1-3H3. The van der Waals surface area contributed by atoms with Crippen LogP contribution in [0.15, 0.2) is 12.3 Å². The molecule has 0 aliphatic carbocycles. The van der Waals surface area contributed by atoms with Crippen molar-refractivity contribution in [3.63, 3.8) is 0 Å². The Morgan fingerprint density at radius 1 is 1.12 bits per heavy atom. The Hall–Kier alpha value is -1.75. The van der Waals surface area contributed by atoms with Crippen molar-refractivity contribution in [2.24, 2.45) is 0 Å². The number of ketones is 1. The highest BCUT2D eigenvalue weighted by molar-refractivity contribution is 5.96. The van der Waals surface area contributed by atoms with Crippen LogP contribution in [0.1, 0.15) is 54.2 Å². The van der Waals surface area contributed by atoms with Crippen LogP contribution in [0.25, 0.3) is 0 Å². The number of rotatable bonds is 2. The van der Waals surface area contributed by atoms with Gasteiger partial charge in [-0.25, -0.2) is 0 Å². The zero-order valence-electron chi connectivity index (χ0n) is 15.0. The van der Waals surface area contributed by atoms with Gasteiger partial charge in [0.1, 0.15) is 5.78 Å². The maximum Gasteiger partial charge on any atom is 0.255 e. The summed E-state index contributed by atoms with van der Waals surface area (Å²) in [6.07, 6.45) is 5.03. The van der Waals surface area contributed by atoms with Crippen molar-refractivity contribution in [3.8, 4) is 0 Å². The summed E-state index contributed by atoms with van der Waals surface area (Å²) in [5.41, 5.74) is 2.67. The summed E-state index contributed by atoms with van der Waals surface area (Å²) in [6, 6.07) is 1.90. The number of amides is 1. The SMILES string of the molecule is Cc1ccnc(C)c1C(=O)N1CCC(C)(N2CCC(=O)CC2)CC1. The molecule has 2 aliphatic heterocycles. The number of pyridine rings is 1. The molecule has 0 saturated carbocycles. The molecule has 5 heteroatoms. The Morgan fingerprint density at radius 2 is 1.75 bits per heavy atom. The first-order valence-electron chi connectivity index (χ1n) is 8.89. The zero-order valence-corrected chi connectivity index (χ0v) is 15.0. The third-order valence-electron chi connectivity index (χ3n) is 5.78. The van der Waals surface area contributed by atoms with Gasteiger partial charge in [0.05, 0.1) is 11.3 Å². The van der Waals surface area contributed by atoms with Crippen molar-refractivity contribution in [1.82, 2.24) is 14.8 Å². The first-order chi connectivity index (χ1) is 11.4. The summed E-state index contributed by atoms with van der Waals surface area (Å²) >= 11 is 0. The molecular weight excluding hydrogens is 302 g/mol. The predicted octanol–water partition coefficient (Wildman–Crippen LogP) is 2.36. The molecule has 5 nitrogen and oxygen atoms in total. The van der Waals surface area contributed by atoms with E-state index in [9.17, 15) is 9.59 Å². The molecule has 2 fully saturated rings. The Kier molecular flexibility index (Phi) is 4.72. The molecule has 0 spiro atoms. The molecule has 3 heterocycles. The highest BCUT2D eigenvalue weighted by atomic mass is 16.2. The van der Waals surface area contributed by atoms with E-state index in [-0.39, 0.29) is 11.4 Å². The van der Waals surface area contributed by atoms with E-state index in [1.165, 1.54) is 0 Å². The number of aryl methyl sites for hydroxylation is 2. The van der Waals surface area contributed by atoms with Gasteiger partial charge in [0.25, 0.3) is 5.91 Å². The highest BCUT2D eigenvalue weighted by Gasteiger charge is 2.38. The van der Waals surface area contributed by atoms with E-state index in [2.05, 4.69) is 16.8 Å². The lowest BCUT2D eigenvalue weighted by Gasteiger charge is -2.48. The molecule has 0 unspecified atom stereocenters. The molecule has 0 N–H and O–H groups in total. The largest absolute Gasteiger partial charge is 0.338 e. The number of carbonyl (C=O) groups excluding carboxylic acids is 2. The van der Waals surface area contributed by atoms with E-state index in [1.54, 1.807) is 6.20 Å². The van der Waals surface area contributed by atoms with Crippen molar-refractivity contribution in [2.45, 2.75) is 52.0 Å². The second-order valence-corrected chi connectivity index (χ2v) is 7.40. The maximum absolute atomic E-state index is 12.9. The van der Waals surface area contributed by atoms with Crippen LogP contribution < -0.4 is 0 Å². The van der Waals surface area contributed by atoms with Gasteiger partial charge in [-0.15, -0.1) is 0 Å². The van der Waals surface area contributed by atoms with Crippen LogP contribution in [-0.2, 0) is 4.79 Å². The summed E-state index contributed by atoms with van der Waals surface area (Å²) in [7, 11) is 0. The molecular formula is C19H27N3O2. The van der Waals surface area contributed by atoms with Gasteiger partial charge >= 0.3 is 0 Å². The molecule has 3 rings (SSSR count). The third-order valence-corrected chi connectivity index (χ3v) is 5.78. The van der Waals surface area contributed by atoms with Crippen LogP contribution in [0.5, 0.6) is 0 Å². The lowest BCUT2D eigenvalue weighted by atomic mass is 9.85. The molecule has 0 radical (unpaired) electrons. The van der Waals surface area contributed by atoms with Gasteiger partial charge in [-0.2, -0.15) is 0 Å². The van der Waals surface area contributed by atoms with Gasteiger partial charge in [0.15, 0.2) is 0 Å². The smallest absolute Gasteiger partial charge is 0.255 e. The molecule has 24 heavy (non-hydrogen) atoms. The van der Waals surface area contributed by atoms with Gasteiger partial charge < -0.3 is 4.90 Å². The number of aromatic nitrogens is 1. The van der Waals surface area contributed by atoms with Crippen LogP contribution in [0.3, 0.4) is 0 Å². The van der Waals surface area contributed by atoms with E-state index >= 15 is 0 Å². The maximum atomic E-state index is 12.9. The molecule has 0 bridgehead atoms. The molecule has 2 aliphatic rings. The van der Waals surface area contributed by atoms with Crippen molar-refractivity contribution in [2.75, 3.05) is 26.2 Å². The first kappa shape index (κ1) is 17.1. The fourth-order valence-corrected chi connectivity index (χ4v) is 3.98. The minimum Gasteiger partial charge on any atom is -0.338 e. The van der Waals surface area contributed by atoms with E-state index in [1.807, 2.05) is 24.8 Å². The first-order valence-corrected chi connectivity index (χ1v) is 8.89. The Labute approximate surface area is 144 Å². The van der Waals surface area contributed by atoms with E-state index in [0.29, 0.717) is 18.6 Å². The summed E-state index contributed by atoms with van der Waals surface area (Å²) in [5.74, 6) is 0.485. The summed E-state index contributed by atoms with van der Waals surface area (Å²) in [6.45, 7) is 9.43. The van der Waals surface area contributed by atoms with Crippen LogP contribution in [-0.4, -0.2) is 58.2 Å². The average Bonchev–Trinajstić information content (AvgIpc) is 2.55. The Bertz CT molecular complexity index is 618. The predicted molar refractivity (Wildman–Crippen MR) is 93.1 cm³/mol. The molecule has 1 aromatic heterocycles. The fourth-order valence-electron chi connectivity index (χ4n) is 3.98. The fraction of sp³-hybridized carbons (Fsp3) is 0.632. The number of carbonyl (C=O) groups is 2. The minimum atomic E-state index is 0.106. The summed E-state index contributed by atoms with van der Waals surface area (Å²) < 4.78 is 0. The normalized spacial score (nSPS) is 21.8. The number of hydrogen-bond donors (Lipinski definition) is 0. The van der Waals surface area contributed by atoms with Crippen LogP contribution >= 0.6 is 0 Å². The summed E-state index contributed by atoms with van der Waals surface area (Å²) in [4.78, 5) is 33.1. The quantitative estimate of drug-likeness (QED) is 0.836. The Balaban J connectivity index is 1.66. The lowest BCUT2D eigenvalue weighted by Crippen LogP contribution is -2.56. The average molecular weight is 329 g/mol. The number of likely N-dealkylation sites (tertiary alicyclic amines) is 2. The highest BCUT2D eigenvalue weighted by Crippen LogP contribution is 2.31. The Morgan fingerprint density at radius 3 is 2.33 bits per heavy atom. The monoisotopic (exact) mass is 329 g/mol. The summed E-state index contributed by atoms with van der Waals surface area (Å²) in [5, 5.41) is 0. The van der Waals surface area contributed by atoms with Gasteiger partial charge in [0, 0.05) is 50.8 Å². The van der Waals surface area contributed by atoms with Crippen LogP contribution in [0.4, 0.5) is 0 Å². The topological polar surface area (TPSA) is 53.5 Å². The molecule has 1 aromatic rings. The van der Waals surface area contributed by atoms with E-state index < -0.39 is 0 Å². The van der Waals surface area contributed by atoms with Crippen molar-refractivity contribution < 1.29 is 9.59 Å². The minimum absolute atomic E-state index is 0.106. The van der Waals surface area contributed by atoms with Crippen molar-refractivity contribution >= 4 is 11.7 Å². The second kappa shape index (κ2) is 6.63. The molecule has 130 valence electrons. The van der Waals surface area contributed by atoms with Crippen molar-refractivity contribution in [3.05, 3.63) is 29.1 Å². The number of piperidine rings is 2. The number of hydrogen-bond acceptors (Lipinski definition) is 4. The van der Waals surface area contributed by atoms with Crippen LogP contribution in [0.2, 0.25) is 0 Å². The van der Waals surface area contributed by atoms with Crippen molar-refractivity contribution in [1.29, 1.82) is 0 Å². The molecule has 0 atom stereocenters. The zero-order chi connectivity index (χ0) is 17.3.